The number of nitrogens with zero attached hydrogens (tertiary/aromatic N) is 2. The van der Waals surface area contributed by atoms with E-state index in [0.717, 1.165) is 13.0 Å². The van der Waals surface area contributed by atoms with Crippen molar-refractivity contribution in [1.29, 1.82) is 0 Å². The van der Waals surface area contributed by atoms with Crippen molar-refractivity contribution in [2.45, 2.75) is 33.1 Å². The fourth-order valence-corrected chi connectivity index (χ4v) is 2.16. The number of rotatable bonds is 7. The van der Waals surface area contributed by atoms with E-state index in [4.69, 9.17) is 4.74 Å². The summed E-state index contributed by atoms with van der Waals surface area (Å²) in [7, 11) is 0. The Morgan fingerprint density at radius 3 is 2.30 bits per heavy atom. The van der Waals surface area contributed by atoms with E-state index in [0.29, 0.717) is 39.3 Å². The molecule has 0 aliphatic carbocycles. The zero-order valence-corrected chi connectivity index (χ0v) is 12.7. The van der Waals surface area contributed by atoms with Gasteiger partial charge in [0.1, 0.15) is 0 Å². The molecule has 0 unspecified atom stereocenters. The van der Waals surface area contributed by atoms with Crippen molar-refractivity contribution in [3.05, 3.63) is 0 Å². The van der Waals surface area contributed by atoms with Crippen molar-refractivity contribution in [2.75, 3.05) is 45.9 Å². The summed E-state index contributed by atoms with van der Waals surface area (Å²) in [6, 6.07) is 0. The van der Waals surface area contributed by atoms with Crippen LogP contribution in [0.2, 0.25) is 0 Å². The summed E-state index contributed by atoms with van der Waals surface area (Å²) in [5.41, 5.74) is 0. The summed E-state index contributed by atoms with van der Waals surface area (Å²) in [5.74, 6) is 0.116. The first-order valence-corrected chi connectivity index (χ1v) is 7.59. The highest BCUT2D eigenvalue weighted by molar-refractivity contribution is 5.78. The quantitative estimate of drug-likeness (QED) is 0.711. The summed E-state index contributed by atoms with van der Waals surface area (Å²) in [6.45, 7) is 7.92. The average Bonchev–Trinajstić information content (AvgIpc) is 2.47. The number of unbranched alkanes of at least 4 members (excludes halogenated alkanes) is 2. The lowest BCUT2D eigenvalue weighted by molar-refractivity contribution is -0.131. The maximum Gasteiger partial charge on any atom is 0.409 e. The van der Waals surface area contributed by atoms with Gasteiger partial charge in [-0.05, 0) is 19.9 Å². The normalized spacial score (nSPS) is 15.3. The molecule has 0 spiro atoms. The molecule has 1 heterocycles. The smallest absolute Gasteiger partial charge is 0.409 e. The van der Waals surface area contributed by atoms with Crippen LogP contribution in [0.1, 0.15) is 33.1 Å². The van der Waals surface area contributed by atoms with Crippen LogP contribution in [0.3, 0.4) is 0 Å². The van der Waals surface area contributed by atoms with E-state index in [9.17, 15) is 9.59 Å². The molecule has 0 bridgehead atoms. The first-order valence-electron chi connectivity index (χ1n) is 7.59. The number of ether oxygens (including phenoxy) is 1. The number of hydrogen-bond donors (Lipinski definition) is 1. The predicted octanol–water partition coefficient (Wildman–Crippen LogP) is 1.07. The molecule has 0 aromatic rings. The van der Waals surface area contributed by atoms with Gasteiger partial charge in [0.05, 0.1) is 13.2 Å². The van der Waals surface area contributed by atoms with Gasteiger partial charge in [-0.25, -0.2) is 4.79 Å². The molecular formula is C14H27N3O3. The lowest BCUT2D eigenvalue weighted by atomic mass is 10.2. The molecular weight excluding hydrogens is 258 g/mol. The summed E-state index contributed by atoms with van der Waals surface area (Å²) < 4.78 is 4.95. The molecule has 1 aliphatic rings. The van der Waals surface area contributed by atoms with Crippen LogP contribution in [0.5, 0.6) is 0 Å². The second kappa shape index (κ2) is 9.58. The van der Waals surface area contributed by atoms with Crippen LogP contribution in [-0.4, -0.2) is 67.7 Å². The largest absolute Gasteiger partial charge is 0.450 e. The summed E-state index contributed by atoms with van der Waals surface area (Å²) in [6.07, 6.45) is 3.21. The molecule has 1 aliphatic heterocycles. The van der Waals surface area contributed by atoms with Crippen molar-refractivity contribution < 1.29 is 14.3 Å². The van der Waals surface area contributed by atoms with Crippen LogP contribution in [0.15, 0.2) is 0 Å². The van der Waals surface area contributed by atoms with Crippen LogP contribution in [0, 0.1) is 0 Å². The van der Waals surface area contributed by atoms with Crippen molar-refractivity contribution >= 4 is 12.0 Å². The number of hydrogen-bond acceptors (Lipinski definition) is 4. The van der Waals surface area contributed by atoms with Crippen LogP contribution < -0.4 is 5.32 Å². The maximum atomic E-state index is 12.0. The van der Waals surface area contributed by atoms with Gasteiger partial charge < -0.3 is 19.9 Å². The predicted molar refractivity (Wildman–Crippen MR) is 77.6 cm³/mol. The van der Waals surface area contributed by atoms with E-state index in [-0.39, 0.29) is 12.0 Å². The summed E-state index contributed by atoms with van der Waals surface area (Å²) in [4.78, 5) is 27.0. The molecule has 0 atom stereocenters. The third-order valence-corrected chi connectivity index (χ3v) is 3.39. The van der Waals surface area contributed by atoms with E-state index >= 15 is 0 Å². The van der Waals surface area contributed by atoms with Gasteiger partial charge in [0.2, 0.25) is 5.91 Å². The molecule has 116 valence electrons. The first-order chi connectivity index (χ1) is 9.69. The Labute approximate surface area is 121 Å². The van der Waals surface area contributed by atoms with E-state index in [1.165, 1.54) is 12.8 Å². The Hall–Kier alpha value is -1.30. The second-order valence-corrected chi connectivity index (χ2v) is 4.95. The maximum absolute atomic E-state index is 12.0. The Kier molecular flexibility index (Phi) is 8.02. The SMILES string of the molecule is CCCCCNCC(=O)N1CCN(C(=O)OCC)CC1. The first kappa shape index (κ1) is 16.8. The topological polar surface area (TPSA) is 61.9 Å². The third-order valence-electron chi connectivity index (χ3n) is 3.39. The molecule has 0 aromatic heterocycles. The van der Waals surface area contributed by atoms with Gasteiger partial charge in [-0.15, -0.1) is 0 Å². The molecule has 1 saturated heterocycles. The van der Waals surface area contributed by atoms with Gasteiger partial charge in [-0.2, -0.15) is 0 Å². The van der Waals surface area contributed by atoms with Crippen molar-refractivity contribution in [3.8, 4) is 0 Å². The fourth-order valence-electron chi connectivity index (χ4n) is 2.16. The van der Waals surface area contributed by atoms with Crippen molar-refractivity contribution in [1.82, 2.24) is 15.1 Å². The Bertz CT molecular complexity index is 302. The molecule has 1 fully saturated rings. The molecule has 0 aromatic carbocycles. The van der Waals surface area contributed by atoms with Gasteiger partial charge >= 0.3 is 6.09 Å². The zero-order chi connectivity index (χ0) is 14.8. The highest BCUT2D eigenvalue weighted by Crippen LogP contribution is 2.04. The van der Waals surface area contributed by atoms with Crippen molar-refractivity contribution in [2.24, 2.45) is 0 Å². The van der Waals surface area contributed by atoms with Gasteiger partial charge in [0, 0.05) is 26.2 Å². The zero-order valence-electron chi connectivity index (χ0n) is 12.7. The summed E-state index contributed by atoms with van der Waals surface area (Å²) >= 11 is 0. The monoisotopic (exact) mass is 285 g/mol. The van der Waals surface area contributed by atoms with E-state index in [1.54, 1.807) is 11.8 Å². The van der Waals surface area contributed by atoms with Crippen molar-refractivity contribution in [3.63, 3.8) is 0 Å². The highest BCUT2D eigenvalue weighted by atomic mass is 16.6. The lowest BCUT2D eigenvalue weighted by Gasteiger charge is -2.34. The molecule has 1 rings (SSSR count). The summed E-state index contributed by atoms with van der Waals surface area (Å²) in [5, 5.41) is 3.18. The molecule has 0 saturated carbocycles. The molecule has 0 radical (unpaired) electrons. The van der Waals surface area contributed by atoms with Gasteiger partial charge in [0.25, 0.3) is 0 Å². The van der Waals surface area contributed by atoms with E-state index in [2.05, 4.69) is 12.2 Å². The second-order valence-electron chi connectivity index (χ2n) is 4.95. The fraction of sp³-hybridized carbons (Fsp3) is 0.857. The van der Waals surface area contributed by atoms with E-state index < -0.39 is 0 Å². The molecule has 20 heavy (non-hydrogen) atoms. The minimum absolute atomic E-state index is 0.116. The molecule has 6 heteroatoms. The number of amides is 2. The number of carbonyl (C=O) groups is 2. The molecule has 6 nitrogen and oxygen atoms in total. The van der Waals surface area contributed by atoms with Gasteiger partial charge in [0.15, 0.2) is 0 Å². The van der Waals surface area contributed by atoms with Crippen LogP contribution in [0.25, 0.3) is 0 Å². The highest BCUT2D eigenvalue weighted by Gasteiger charge is 2.24. The Morgan fingerprint density at radius 2 is 1.70 bits per heavy atom. The molecule has 1 N–H and O–H groups in total. The number of carbonyl (C=O) groups excluding carboxylic acids is 2. The third kappa shape index (κ3) is 5.77. The number of nitrogens with one attached hydrogen (secondary N) is 1. The van der Waals surface area contributed by atoms with Crippen LogP contribution in [-0.2, 0) is 9.53 Å². The van der Waals surface area contributed by atoms with Crippen LogP contribution >= 0.6 is 0 Å². The van der Waals surface area contributed by atoms with Crippen LogP contribution in [0.4, 0.5) is 4.79 Å². The minimum atomic E-state index is -0.280. The number of piperazine rings is 1. The lowest BCUT2D eigenvalue weighted by Crippen LogP contribution is -2.52. The van der Waals surface area contributed by atoms with E-state index in [1.807, 2.05) is 4.90 Å². The Balaban J connectivity index is 2.17. The van der Waals surface area contributed by atoms with Gasteiger partial charge in [-0.3, -0.25) is 4.79 Å². The Morgan fingerprint density at radius 1 is 1.05 bits per heavy atom. The minimum Gasteiger partial charge on any atom is -0.450 e. The van der Waals surface area contributed by atoms with Gasteiger partial charge in [-0.1, -0.05) is 19.8 Å². The molecule has 2 amide bonds. The average molecular weight is 285 g/mol. The standard InChI is InChI=1S/C14H27N3O3/c1-3-5-6-7-15-12-13(18)16-8-10-17(11-9-16)14(19)20-4-2/h15H,3-12H2,1-2H3.